The Morgan fingerprint density at radius 2 is 1.70 bits per heavy atom. The fourth-order valence-electron chi connectivity index (χ4n) is 2.88. The van der Waals surface area contributed by atoms with Crippen molar-refractivity contribution >= 4 is 34.4 Å². The molecule has 0 spiro atoms. The quantitative estimate of drug-likeness (QED) is 0.387. The number of hydrogen-bond donors (Lipinski definition) is 0. The summed E-state index contributed by atoms with van der Waals surface area (Å²) in [5.74, 6) is 0.00973. The molecule has 1 heterocycles. The van der Waals surface area contributed by atoms with Crippen molar-refractivity contribution in [2.24, 2.45) is 0 Å². The number of carbonyl (C=O) groups excluding carboxylic acids is 2. The summed E-state index contributed by atoms with van der Waals surface area (Å²) in [6.07, 6.45) is 0. The van der Waals surface area contributed by atoms with Crippen LogP contribution in [0.5, 0.6) is 11.5 Å². The molecule has 0 aliphatic carbocycles. The van der Waals surface area contributed by atoms with Crippen LogP contribution in [0.25, 0.3) is 10.9 Å². The maximum absolute atomic E-state index is 12.8. The van der Waals surface area contributed by atoms with E-state index < -0.39 is 6.61 Å². The van der Waals surface area contributed by atoms with Crippen molar-refractivity contribution in [2.45, 2.75) is 41.2 Å². The number of ether oxygens (including phenoxy) is 3. The summed E-state index contributed by atoms with van der Waals surface area (Å²) in [7, 11) is 1.52. The third-order valence-electron chi connectivity index (χ3n) is 4.14. The zero-order valence-corrected chi connectivity index (χ0v) is 20.2. The molecule has 0 radical (unpaired) electrons. The Morgan fingerprint density at radius 1 is 1.09 bits per heavy atom. The van der Waals surface area contributed by atoms with Crippen molar-refractivity contribution in [1.82, 2.24) is 4.57 Å². The van der Waals surface area contributed by atoms with Crippen LogP contribution in [0.4, 0.5) is 8.78 Å². The SMILES string of the molecule is CC.CCOC(C)=O.COc1cc2cc(C)n(C(=O)c3ccc(OC(F)F)cc3)c2cc1Cl. The topological polar surface area (TPSA) is 66.8 Å². The fourth-order valence-corrected chi connectivity index (χ4v) is 3.12. The zero-order chi connectivity index (χ0) is 25.1. The van der Waals surface area contributed by atoms with E-state index in [1.54, 1.807) is 26.0 Å². The summed E-state index contributed by atoms with van der Waals surface area (Å²) in [4.78, 5) is 22.7. The second-order valence-corrected chi connectivity index (χ2v) is 6.71. The number of rotatable bonds is 5. The lowest BCUT2D eigenvalue weighted by Gasteiger charge is -2.09. The van der Waals surface area contributed by atoms with Crippen LogP contribution in [-0.4, -0.2) is 36.8 Å². The molecule has 0 aliphatic heterocycles. The number of aromatic nitrogens is 1. The van der Waals surface area contributed by atoms with Gasteiger partial charge in [-0.05, 0) is 56.3 Å². The predicted octanol–water partition coefficient (Wildman–Crippen LogP) is 6.50. The van der Waals surface area contributed by atoms with Crippen molar-refractivity contribution in [2.75, 3.05) is 13.7 Å². The van der Waals surface area contributed by atoms with Gasteiger partial charge in [0.1, 0.15) is 11.5 Å². The van der Waals surface area contributed by atoms with E-state index in [2.05, 4.69) is 9.47 Å². The first-order chi connectivity index (χ1) is 15.7. The van der Waals surface area contributed by atoms with Gasteiger partial charge in [-0.3, -0.25) is 14.2 Å². The highest BCUT2D eigenvalue weighted by molar-refractivity contribution is 6.33. The van der Waals surface area contributed by atoms with E-state index in [0.29, 0.717) is 28.5 Å². The summed E-state index contributed by atoms with van der Waals surface area (Å²) < 4.78 is 39.8. The van der Waals surface area contributed by atoms with Crippen LogP contribution in [0.3, 0.4) is 0 Å². The van der Waals surface area contributed by atoms with Crippen molar-refractivity contribution in [3.05, 3.63) is 58.7 Å². The van der Waals surface area contributed by atoms with Crippen LogP contribution < -0.4 is 9.47 Å². The Hall–Kier alpha value is -3.13. The molecule has 6 nitrogen and oxygen atoms in total. The molecule has 33 heavy (non-hydrogen) atoms. The first kappa shape index (κ1) is 27.9. The van der Waals surface area contributed by atoms with Crippen LogP contribution in [0.15, 0.2) is 42.5 Å². The van der Waals surface area contributed by atoms with Gasteiger partial charge in [0.15, 0.2) is 0 Å². The summed E-state index contributed by atoms with van der Waals surface area (Å²) in [6, 6.07) is 10.8. The summed E-state index contributed by atoms with van der Waals surface area (Å²) >= 11 is 6.17. The van der Waals surface area contributed by atoms with Crippen LogP contribution >= 0.6 is 11.6 Å². The Kier molecular flexibility index (Phi) is 11.4. The van der Waals surface area contributed by atoms with Gasteiger partial charge in [0.2, 0.25) is 0 Å². The average Bonchev–Trinajstić information content (AvgIpc) is 3.09. The van der Waals surface area contributed by atoms with Gasteiger partial charge >= 0.3 is 12.6 Å². The molecule has 3 rings (SSSR count). The second-order valence-electron chi connectivity index (χ2n) is 6.30. The molecular weight excluding hydrogens is 456 g/mol. The lowest BCUT2D eigenvalue weighted by molar-refractivity contribution is -0.140. The number of alkyl halides is 2. The van der Waals surface area contributed by atoms with Gasteiger partial charge in [0, 0.05) is 23.6 Å². The van der Waals surface area contributed by atoms with Crippen LogP contribution in [0.1, 0.15) is 43.7 Å². The third-order valence-corrected chi connectivity index (χ3v) is 4.43. The molecule has 9 heteroatoms. The van der Waals surface area contributed by atoms with Crippen LogP contribution in [-0.2, 0) is 9.53 Å². The highest BCUT2D eigenvalue weighted by Crippen LogP contribution is 2.32. The third kappa shape index (κ3) is 7.75. The average molecular weight is 484 g/mol. The number of hydrogen-bond acceptors (Lipinski definition) is 5. The normalized spacial score (nSPS) is 10.0. The maximum Gasteiger partial charge on any atom is 0.387 e. The number of benzene rings is 2. The molecule has 180 valence electrons. The highest BCUT2D eigenvalue weighted by atomic mass is 35.5. The van der Waals surface area contributed by atoms with E-state index >= 15 is 0 Å². The summed E-state index contributed by atoms with van der Waals surface area (Å²) in [6.45, 7) is 6.54. The van der Waals surface area contributed by atoms with Gasteiger partial charge < -0.3 is 14.2 Å². The first-order valence-electron chi connectivity index (χ1n) is 10.3. The Bertz CT molecular complexity index is 1060. The van der Waals surface area contributed by atoms with Gasteiger partial charge in [0.05, 0.1) is 24.3 Å². The van der Waals surface area contributed by atoms with Gasteiger partial charge in [-0.1, -0.05) is 25.4 Å². The fraction of sp³-hybridized carbons (Fsp3) is 0.333. The molecule has 2 aromatic carbocycles. The predicted molar refractivity (Wildman–Crippen MR) is 125 cm³/mol. The van der Waals surface area contributed by atoms with Crippen molar-refractivity contribution in [3.8, 4) is 11.5 Å². The number of esters is 1. The molecule has 0 atom stereocenters. The molecule has 0 unspecified atom stereocenters. The molecule has 3 aromatic rings. The Balaban J connectivity index is 0.000000593. The van der Waals surface area contributed by atoms with Crippen LogP contribution in [0, 0.1) is 6.92 Å². The zero-order valence-electron chi connectivity index (χ0n) is 19.4. The summed E-state index contributed by atoms with van der Waals surface area (Å²) in [5, 5.41) is 1.20. The Labute approximate surface area is 197 Å². The lowest BCUT2D eigenvalue weighted by Crippen LogP contribution is -2.13. The molecular formula is C24H28ClF2NO5. The standard InChI is InChI=1S/C18H14ClF2NO3.C4H8O2.C2H6/c1-10-7-12-8-16(24-2)14(19)9-15(12)22(10)17(23)11-3-5-13(6-4-11)25-18(20)21;1-3-6-4(2)5;1-2/h3-9,18H,1-2H3;3H2,1-2H3;1-2H3. The van der Waals surface area contributed by atoms with Crippen molar-refractivity contribution in [1.29, 1.82) is 0 Å². The number of carbonyl (C=O) groups is 2. The minimum atomic E-state index is -2.91. The molecule has 0 aliphatic rings. The number of methoxy groups -OCH3 is 1. The van der Waals surface area contributed by atoms with E-state index in [1.165, 1.54) is 42.9 Å². The van der Waals surface area contributed by atoms with Crippen molar-refractivity contribution in [3.63, 3.8) is 0 Å². The minimum Gasteiger partial charge on any atom is -0.495 e. The summed E-state index contributed by atoms with van der Waals surface area (Å²) in [5.41, 5.74) is 1.70. The minimum absolute atomic E-state index is 0.00610. The smallest absolute Gasteiger partial charge is 0.387 e. The van der Waals surface area contributed by atoms with Gasteiger partial charge in [0.25, 0.3) is 5.91 Å². The highest BCUT2D eigenvalue weighted by Gasteiger charge is 2.17. The molecule has 0 N–H and O–H groups in total. The number of nitrogens with zero attached hydrogens (tertiary/aromatic N) is 1. The molecule has 0 bridgehead atoms. The van der Waals surface area contributed by atoms with Crippen molar-refractivity contribution < 1.29 is 32.6 Å². The van der Waals surface area contributed by atoms with E-state index in [-0.39, 0.29) is 17.6 Å². The molecule has 0 saturated carbocycles. The first-order valence-corrected chi connectivity index (χ1v) is 10.6. The number of fused-ring (bicyclic) bond motifs is 1. The van der Waals surface area contributed by atoms with Crippen LogP contribution in [0.2, 0.25) is 5.02 Å². The molecule has 0 fully saturated rings. The largest absolute Gasteiger partial charge is 0.495 e. The van der Waals surface area contributed by atoms with E-state index in [0.717, 1.165) is 11.1 Å². The second kappa shape index (κ2) is 13.4. The molecule has 1 aromatic heterocycles. The van der Waals surface area contributed by atoms with Gasteiger partial charge in [-0.25, -0.2) is 0 Å². The number of halogens is 3. The Morgan fingerprint density at radius 3 is 2.15 bits per heavy atom. The van der Waals surface area contributed by atoms with E-state index in [9.17, 15) is 18.4 Å². The lowest BCUT2D eigenvalue weighted by atomic mass is 10.2. The van der Waals surface area contributed by atoms with Gasteiger partial charge in [-0.2, -0.15) is 8.78 Å². The monoisotopic (exact) mass is 483 g/mol. The van der Waals surface area contributed by atoms with E-state index in [4.69, 9.17) is 16.3 Å². The molecule has 0 saturated heterocycles. The van der Waals surface area contributed by atoms with E-state index in [1.807, 2.05) is 19.9 Å². The van der Waals surface area contributed by atoms with Gasteiger partial charge in [-0.15, -0.1) is 0 Å². The molecule has 0 amide bonds. The maximum atomic E-state index is 12.8. The number of aryl methyl sites for hydroxylation is 1.